The van der Waals surface area contributed by atoms with Crippen molar-refractivity contribution < 1.29 is 98.3 Å². The van der Waals surface area contributed by atoms with Crippen LogP contribution >= 0.6 is 0 Å². The topological polar surface area (TPSA) is 40.5 Å². The summed E-state index contributed by atoms with van der Waals surface area (Å²) in [6.45, 7) is 2.28. The van der Waals surface area contributed by atoms with E-state index in [0.717, 1.165) is 25.7 Å². The summed E-state index contributed by atoms with van der Waals surface area (Å²) in [5, 5.41) is 20.0. The Morgan fingerprint density at radius 1 is 1.14 bits per heavy atom. The van der Waals surface area contributed by atoms with Gasteiger partial charge in [-0.3, -0.25) is 0 Å². The number of benzene rings is 1. The minimum absolute atomic E-state index is 0. The number of rotatable bonds is 0. The summed E-state index contributed by atoms with van der Waals surface area (Å²) in [7, 11) is 0. The Kier molecular flexibility index (Phi) is 6.76. The molecule has 5 atom stereocenters. The van der Waals surface area contributed by atoms with Gasteiger partial charge in [-0.1, -0.05) is 25.1 Å². The van der Waals surface area contributed by atoms with E-state index in [0.29, 0.717) is 23.5 Å². The van der Waals surface area contributed by atoms with Gasteiger partial charge in [0.15, 0.2) is 0 Å². The van der Waals surface area contributed by atoms with Crippen molar-refractivity contribution in [2.24, 2.45) is 17.3 Å². The Balaban J connectivity index is 0.000000882. The van der Waals surface area contributed by atoms with Gasteiger partial charge in [0, 0.05) is 88.1 Å². The monoisotopic (exact) mass is 724 g/mol. The van der Waals surface area contributed by atoms with Crippen LogP contribution in [0.1, 0.15) is 49.7 Å². The average Bonchev–Trinajstić information content (AvgIpc) is 2.74. The Bertz CT molecular complexity index is 586. The number of aromatic hydroxyl groups is 1. The normalized spacial score (nSPS) is 38.1. The summed E-state index contributed by atoms with van der Waals surface area (Å²) in [6.07, 6.45) is 8.77. The molecule has 1 aromatic carbocycles. The molecule has 2 N–H and O–H groups in total. The van der Waals surface area contributed by atoms with Crippen molar-refractivity contribution in [1.82, 2.24) is 0 Å². The summed E-state index contributed by atoms with van der Waals surface area (Å²) in [6, 6.07) is 5.78. The maximum absolute atomic E-state index is 10.3. The van der Waals surface area contributed by atoms with Crippen molar-refractivity contribution in [3.8, 4) is 5.75 Å². The van der Waals surface area contributed by atoms with Crippen molar-refractivity contribution in [1.29, 1.82) is 0 Å². The maximum atomic E-state index is 10.3. The Labute approximate surface area is 204 Å². The Morgan fingerprint density at radius 2 is 1.91 bits per heavy atom. The molecule has 0 saturated heterocycles. The van der Waals surface area contributed by atoms with E-state index in [9.17, 15) is 10.2 Å². The van der Waals surface area contributed by atoms with Crippen LogP contribution < -0.4 is 0 Å². The number of phenols is 1. The van der Waals surface area contributed by atoms with Crippen molar-refractivity contribution >= 4 is 6.08 Å². The first-order chi connectivity index (χ1) is 9.59. The molecule has 112 valence electrons. The minimum atomic E-state index is -0.122. The first-order valence-corrected chi connectivity index (χ1v) is 7.79. The van der Waals surface area contributed by atoms with Gasteiger partial charge in [0.2, 0.25) is 0 Å². The van der Waals surface area contributed by atoms with E-state index in [1.807, 2.05) is 12.1 Å². The van der Waals surface area contributed by atoms with Crippen molar-refractivity contribution in [3.05, 3.63) is 35.4 Å². The molecule has 2 saturated carbocycles. The van der Waals surface area contributed by atoms with Crippen LogP contribution in [-0.2, 0) is 0 Å². The van der Waals surface area contributed by atoms with Gasteiger partial charge in [0.25, 0.3) is 0 Å². The average molecular weight is 724 g/mol. The molecule has 3 unspecified atom stereocenters. The number of aliphatic hydroxyl groups excluding tert-OH is 1. The molecule has 0 aromatic heterocycles. The molecule has 1 aromatic rings. The first-order valence-electron chi connectivity index (χ1n) is 7.79. The fraction of sp³-hybridized carbons (Fsp3) is 0.556. The van der Waals surface area contributed by atoms with Crippen molar-refractivity contribution in [2.45, 2.75) is 44.6 Å². The van der Waals surface area contributed by atoms with E-state index >= 15 is 0 Å². The van der Waals surface area contributed by atoms with Crippen LogP contribution in [0.3, 0.4) is 0 Å². The third-order valence-corrected chi connectivity index (χ3v) is 6.25. The fourth-order valence-electron chi connectivity index (χ4n) is 5.06. The van der Waals surface area contributed by atoms with E-state index in [2.05, 4.69) is 25.1 Å². The van der Waals surface area contributed by atoms with Gasteiger partial charge in [-0.05, 0) is 72.1 Å². The zero-order valence-corrected chi connectivity index (χ0v) is 22.6. The van der Waals surface area contributed by atoms with Gasteiger partial charge >= 0.3 is 0 Å². The van der Waals surface area contributed by atoms with E-state index in [-0.39, 0.29) is 99.6 Å². The number of allylic oxidation sites excluding steroid dienone is 1. The van der Waals surface area contributed by atoms with E-state index < -0.39 is 0 Å². The van der Waals surface area contributed by atoms with Crippen LogP contribution in [0.5, 0.6) is 5.75 Å². The second-order valence-electron chi connectivity index (χ2n) is 7.10. The second kappa shape index (κ2) is 7.46. The van der Waals surface area contributed by atoms with Crippen molar-refractivity contribution in [3.63, 3.8) is 0 Å². The van der Waals surface area contributed by atoms with Gasteiger partial charge < -0.3 is 10.2 Å². The van der Waals surface area contributed by atoms with E-state index in [4.69, 9.17) is 0 Å². The third-order valence-electron chi connectivity index (χ3n) is 6.25. The molecule has 0 spiro atoms. The zero-order chi connectivity index (χ0) is 13.9. The number of hydrogen-bond donors (Lipinski definition) is 2. The molecule has 4 rings (SSSR count). The summed E-state index contributed by atoms with van der Waals surface area (Å²) in [5.41, 5.74) is 2.67. The third kappa shape index (κ3) is 3.08. The molecule has 3 aliphatic rings. The van der Waals surface area contributed by atoms with Crippen LogP contribution in [0.2, 0.25) is 0 Å². The van der Waals surface area contributed by atoms with Gasteiger partial charge in [0.05, 0.1) is 6.10 Å². The molecule has 0 heterocycles. The maximum Gasteiger partial charge on any atom is 0.116 e. The molecule has 3 aliphatic carbocycles. The first kappa shape index (κ1) is 19.9. The molecule has 2 fully saturated rings. The van der Waals surface area contributed by atoms with Gasteiger partial charge in [-0.15, -0.1) is 0 Å². The Morgan fingerprint density at radius 3 is 2.68 bits per heavy atom. The second-order valence-corrected chi connectivity index (χ2v) is 7.10. The predicted molar refractivity (Wildman–Crippen MR) is 79.4 cm³/mol. The number of fused-ring (bicyclic) bond motifs is 5. The van der Waals surface area contributed by atoms with Crippen molar-refractivity contribution in [2.75, 3.05) is 0 Å². The standard InChI is InChI=1S/C18H22O2.2Ac/c1-18-9-8-14-13-5-3-12(19)10-11(13)2-4-15(14)16(18)6-7-17(18)20;;/h2-5,10,14-17,19-20H,6-9H2,1H3;;/t14?,15?,16?,17-,18-;;/m0../s1. The minimum Gasteiger partial charge on any atom is -0.508 e. The molecule has 0 bridgehead atoms. The molecule has 2 nitrogen and oxygen atoms in total. The molecule has 2 radical (unpaired) electrons. The van der Waals surface area contributed by atoms with Gasteiger partial charge in [0.1, 0.15) is 5.75 Å². The smallest absolute Gasteiger partial charge is 0.116 e. The van der Waals surface area contributed by atoms with Crippen LogP contribution in [0, 0.1) is 105 Å². The van der Waals surface area contributed by atoms with Crippen LogP contribution in [0.25, 0.3) is 6.08 Å². The molecule has 4 heteroatoms. The number of aliphatic hydroxyl groups is 1. The molecular weight excluding hydrogens is 702 g/mol. The molecule has 0 amide bonds. The van der Waals surface area contributed by atoms with Gasteiger partial charge in [-0.2, -0.15) is 0 Å². The molecular formula is C18H22Ac2O2. The van der Waals surface area contributed by atoms with Gasteiger partial charge in [-0.25, -0.2) is 0 Å². The number of hydrogen-bond acceptors (Lipinski definition) is 2. The summed E-state index contributed by atoms with van der Waals surface area (Å²) in [4.78, 5) is 0. The quantitative estimate of drug-likeness (QED) is 0.429. The van der Waals surface area contributed by atoms with E-state index in [1.54, 1.807) is 0 Å². The van der Waals surface area contributed by atoms with Crippen LogP contribution in [-0.4, -0.2) is 16.3 Å². The van der Waals surface area contributed by atoms with Crippen LogP contribution in [0.4, 0.5) is 0 Å². The molecule has 0 aliphatic heterocycles. The summed E-state index contributed by atoms with van der Waals surface area (Å²) >= 11 is 0. The molecule has 22 heavy (non-hydrogen) atoms. The largest absolute Gasteiger partial charge is 0.508 e. The summed E-state index contributed by atoms with van der Waals surface area (Å²) < 4.78 is 0. The predicted octanol–water partition coefficient (Wildman–Crippen LogP) is 3.69. The zero-order valence-electron chi connectivity index (χ0n) is 13.1. The number of phenolic OH excluding ortho intramolecular Hbond substituents is 1. The van der Waals surface area contributed by atoms with E-state index in [1.165, 1.54) is 11.1 Å². The van der Waals surface area contributed by atoms with Crippen LogP contribution in [0.15, 0.2) is 24.3 Å². The SMILES string of the molecule is C[C@]12CCC3c4ccc(O)cc4C=CC3C1CC[C@@H]2O.[Ac].[Ac]. The summed E-state index contributed by atoms with van der Waals surface area (Å²) in [5.74, 6) is 2.08. The Hall–Kier alpha value is 1.60. The fourth-order valence-corrected chi connectivity index (χ4v) is 5.06.